The first-order valence-electron chi connectivity index (χ1n) is 12.0. The number of hydrogen-bond donors (Lipinski definition) is 0. The third-order valence-corrected chi connectivity index (χ3v) is 8.30. The first kappa shape index (κ1) is 19.8. The quantitative estimate of drug-likeness (QED) is 0.248. The molecule has 0 fully saturated rings. The molecule has 0 aliphatic carbocycles. The second kappa shape index (κ2) is 7.51. The second-order valence-electron chi connectivity index (χ2n) is 9.20. The van der Waals surface area contributed by atoms with Crippen molar-refractivity contribution in [3.05, 3.63) is 115 Å². The van der Waals surface area contributed by atoms with Crippen molar-refractivity contribution in [2.24, 2.45) is 0 Å². The third-order valence-electron chi connectivity index (χ3n) is 7.11. The number of rotatable bonds is 2. The van der Waals surface area contributed by atoms with Gasteiger partial charge < -0.3 is 4.42 Å². The first-order chi connectivity index (χ1) is 17.8. The van der Waals surface area contributed by atoms with Crippen molar-refractivity contribution in [2.45, 2.75) is 0 Å². The molecule has 0 saturated heterocycles. The predicted octanol–water partition coefficient (Wildman–Crippen LogP) is 9.84. The molecule has 8 aromatic rings. The lowest BCUT2D eigenvalue weighted by molar-refractivity contribution is 0.670. The van der Waals surface area contributed by atoms with Crippen molar-refractivity contribution in [3.63, 3.8) is 0 Å². The average Bonchev–Trinajstić information content (AvgIpc) is 3.51. The number of furan rings is 1. The molecule has 0 saturated carbocycles. The molecule has 0 amide bonds. The fraction of sp³-hybridized carbons (Fsp3) is 0. The van der Waals surface area contributed by atoms with Gasteiger partial charge in [0.1, 0.15) is 11.2 Å². The maximum Gasteiger partial charge on any atom is 0.143 e. The Morgan fingerprint density at radius 2 is 1.36 bits per heavy atom. The third kappa shape index (κ3) is 2.87. The van der Waals surface area contributed by atoms with Gasteiger partial charge in [0.05, 0.1) is 10.2 Å². The minimum absolute atomic E-state index is 0.922. The Morgan fingerprint density at radius 1 is 0.583 bits per heavy atom. The van der Waals surface area contributed by atoms with Crippen LogP contribution >= 0.6 is 11.3 Å². The predicted molar refractivity (Wildman–Crippen MR) is 153 cm³/mol. The van der Waals surface area contributed by atoms with Crippen molar-refractivity contribution in [3.8, 4) is 22.3 Å². The van der Waals surface area contributed by atoms with Gasteiger partial charge in [-0.05, 0) is 41.0 Å². The summed E-state index contributed by atoms with van der Waals surface area (Å²) in [4.78, 5) is 4.85. The fourth-order valence-corrected chi connectivity index (χ4v) is 6.57. The minimum Gasteiger partial charge on any atom is -0.455 e. The molecule has 0 atom stereocenters. The van der Waals surface area contributed by atoms with Crippen LogP contribution in [-0.4, -0.2) is 4.98 Å². The monoisotopic (exact) mass is 477 g/mol. The maximum atomic E-state index is 6.30. The molecule has 168 valence electrons. The van der Waals surface area contributed by atoms with Gasteiger partial charge in [0.25, 0.3) is 0 Å². The summed E-state index contributed by atoms with van der Waals surface area (Å²) in [5.41, 5.74) is 7.57. The molecule has 0 N–H and O–H groups in total. The number of para-hydroxylation sites is 2. The standard InChI is InChI=1S/C33H19NOS/c1-3-13-29-26(9-1)27-12-6-11-24(32(27)35-29)22-8-5-7-20(17-22)21-15-16-25-23(18-21)19-34-31-28-10-2-4-14-30(28)36-33(25)31/h1-19H. The summed E-state index contributed by atoms with van der Waals surface area (Å²) in [6.07, 6.45) is 2.01. The SMILES string of the molecule is c1cc(-c2ccc3c(cnc4c5ccccc5sc34)c2)cc(-c2cccc3c2oc2ccccc23)c1. The van der Waals surface area contributed by atoms with Crippen LogP contribution in [-0.2, 0) is 0 Å². The van der Waals surface area contributed by atoms with E-state index in [9.17, 15) is 0 Å². The Bertz CT molecular complexity index is 2110. The van der Waals surface area contributed by atoms with Crippen LogP contribution in [0.25, 0.3) is 75.3 Å². The molecule has 0 aliphatic heterocycles. The normalized spacial score (nSPS) is 11.9. The van der Waals surface area contributed by atoms with Gasteiger partial charge in [-0.15, -0.1) is 11.3 Å². The van der Waals surface area contributed by atoms with Crippen LogP contribution in [0.3, 0.4) is 0 Å². The lowest BCUT2D eigenvalue weighted by Gasteiger charge is -2.08. The van der Waals surface area contributed by atoms with Crippen LogP contribution in [0.2, 0.25) is 0 Å². The summed E-state index contributed by atoms with van der Waals surface area (Å²) in [5, 5.41) is 5.96. The summed E-state index contributed by atoms with van der Waals surface area (Å²) < 4.78 is 8.84. The number of pyridine rings is 1. The minimum atomic E-state index is 0.922. The van der Waals surface area contributed by atoms with Gasteiger partial charge in [0.15, 0.2) is 0 Å². The molecule has 3 heteroatoms. The molecule has 0 radical (unpaired) electrons. The Morgan fingerprint density at radius 3 is 2.33 bits per heavy atom. The van der Waals surface area contributed by atoms with E-state index in [-0.39, 0.29) is 0 Å². The van der Waals surface area contributed by atoms with Crippen LogP contribution in [0, 0.1) is 0 Å². The largest absolute Gasteiger partial charge is 0.455 e. The number of fused-ring (bicyclic) bond motifs is 8. The van der Waals surface area contributed by atoms with Crippen molar-refractivity contribution >= 4 is 64.4 Å². The molecule has 0 unspecified atom stereocenters. The van der Waals surface area contributed by atoms with Crippen LogP contribution < -0.4 is 0 Å². The van der Waals surface area contributed by atoms with E-state index >= 15 is 0 Å². The van der Waals surface area contributed by atoms with Crippen LogP contribution in [0.5, 0.6) is 0 Å². The first-order valence-corrected chi connectivity index (χ1v) is 12.9. The smallest absolute Gasteiger partial charge is 0.143 e. The van der Waals surface area contributed by atoms with Crippen LogP contribution in [0.15, 0.2) is 120 Å². The topological polar surface area (TPSA) is 26.0 Å². The van der Waals surface area contributed by atoms with Crippen LogP contribution in [0.1, 0.15) is 0 Å². The van der Waals surface area contributed by atoms with Crippen molar-refractivity contribution in [1.82, 2.24) is 4.98 Å². The molecule has 2 nitrogen and oxygen atoms in total. The molecule has 3 heterocycles. The zero-order valence-electron chi connectivity index (χ0n) is 19.2. The summed E-state index contributed by atoms with van der Waals surface area (Å²) in [6, 6.07) is 38.6. The lowest BCUT2D eigenvalue weighted by Crippen LogP contribution is -1.84. The number of hydrogen-bond acceptors (Lipinski definition) is 3. The summed E-state index contributed by atoms with van der Waals surface area (Å²) >= 11 is 1.82. The Labute approximate surface area is 211 Å². The van der Waals surface area contributed by atoms with Gasteiger partial charge in [-0.1, -0.05) is 84.9 Å². The highest BCUT2D eigenvalue weighted by Crippen LogP contribution is 2.39. The van der Waals surface area contributed by atoms with Gasteiger partial charge in [-0.3, -0.25) is 4.98 Å². The summed E-state index contributed by atoms with van der Waals surface area (Å²) in [5.74, 6) is 0. The number of benzene rings is 5. The molecule has 8 rings (SSSR count). The van der Waals surface area contributed by atoms with Crippen molar-refractivity contribution in [2.75, 3.05) is 0 Å². The number of nitrogens with zero attached hydrogens (tertiary/aromatic N) is 1. The molecular weight excluding hydrogens is 458 g/mol. The Hall–Kier alpha value is -4.47. The Kier molecular flexibility index (Phi) is 4.13. The molecule has 0 bridgehead atoms. The zero-order valence-corrected chi connectivity index (χ0v) is 20.0. The van der Waals surface area contributed by atoms with E-state index in [0.717, 1.165) is 44.0 Å². The van der Waals surface area contributed by atoms with Gasteiger partial charge >= 0.3 is 0 Å². The highest BCUT2D eigenvalue weighted by Gasteiger charge is 2.13. The molecule has 5 aromatic carbocycles. The van der Waals surface area contributed by atoms with E-state index in [1.807, 2.05) is 29.7 Å². The molecular formula is C33H19NOS. The van der Waals surface area contributed by atoms with Gasteiger partial charge in [0.2, 0.25) is 0 Å². The second-order valence-corrected chi connectivity index (χ2v) is 10.2. The summed E-state index contributed by atoms with van der Waals surface area (Å²) in [7, 11) is 0. The van der Waals surface area contributed by atoms with Crippen LogP contribution in [0.4, 0.5) is 0 Å². The van der Waals surface area contributed by atoms with E-state index in [0.29, 0.717) is 0 Å². The summed E-state index contributed by atoms with van der Waals surface area (Å²) in [6.45, 7) is 0. The van der Waals surface area contributed by atoms with Gasteiger partial charge in [-0.25, -0.2) is 0 Å². The number of thiophene rings is 1. The fourth-order valence-electron chi connectivity index (χ4n) is 5.37. The molecule has 0 spiro atoms. The van der Waals surface area contributed by atoms with E-state index in [1.165, 1.54) is 31.3 Å². The molecule has 3 aromatic heterocycles. The van der Waals surface area contributed by atoms with Gasteiger partial charge in [0, 0.05) is 43.4 Å². The highest BCUT2D eigenvalue weighted by atomic mass is 32.1. The van der Waals surface area contributed by atoms with Crippen molar-refractivity contribution < 1.29 is 4.42 Å². The zero-order chi connectivity index (χ0) is 23.6. The van der Waals surface area contributed by atoms with Gasteiger partial charge in [-0.2, -0.15) is 0 Å². The van der Waals surface area contributed by atoms with E-state index in [2.05, 4.69) is 97.1 Å². The highest BCUT2D eigenvalue weighted by molar-refractivity contribution is 7.26. The maximum absolute atomic E-state index is 6.30. The van der Waals surface area contributed by atoms with E-state index < -0.39 is 0 Å². The lowest BCUT2D eigenvalue weighted by atomic mass is 9.96. The average molecular weight is 478 g/mol. The number of aromatic nitrogens is 1. The molecule has 36 heavy (non-hydrogen) atoms. The van der Waals surface area contributed by atoms with E-state index in [4.69, 9.17) is 9.40 Å². The molecule has 0 aliphatic rings. The Balaban J connectivity index is 1.28. The van der Waals surface area contributed by atoms with Crippen molar-refractivity contribution in [1.29, 1.82) is 0 Å². The van der Waals surface area contributed by atoms with E-state index in [1.54, 1.807) is 0 Å².